The van der Waals surface area contributed by atoms with Crippen LogP contribution in [0.1, 0.15) is 45.2 Å². The largest absolute Gasteiger partial charge is 0.484 e. The Kier molecular flexibility index (Phi) is 3.94. The summed E-state index contributed by atoms with van der Waals surface area (Å²) >= 11 is 3.44. The van der Waals surface area contributed by atoms with Gasteiger partial charge in [0.1, 0.15) is 17.7 Å². The number of benzene rings is 1. The second-order valence-corrected chi connectivity index (χ2v) is 8.46. The van der Waals surface area contributed by atoms with Gasteiger partial charge in [-0.25, -0.2) is 9.67 Å². The number of anilines is 1. The summed E-state index contributed by atoms with van der Waals surface area (Å²) in [6.07, 6.45) is 1.60. The van der Waals surface area contributed by atoms with Crippen LogP contribution in [0.3, 0.4) is 0 Å². The first-order valence-corrected chi connectivity index (χ1v) is 8.59. The smallest absolute Gasteiger partial charge is 0.298 e. The minimum absolute atomic E-state index is 0.191. The molecule has 128 valence electrons. The number of carbonyl (C=O) groups is 1. The van der Waals surface area contributed by atoms with E-state index in [9.17, 15) is 4.79 Å². The highest BCUT2D eigenvalue weighted by Crippen LogP contribution is 2.39. The van der Waals surface area contributed by atoms with Gasteiger partial charge in [-0.15, -0.1) is 5.10 Å². The lowest BCUT2D eigenvalue weighted by atomic mass is 10.0. The molecule has 7 heteroatoms. The van der Waals surface area contributed by atoms with Crippen LogP contribution in [-0.2, 0) is 5.54 Å². The van der Waals surface area contributed by atoms with E-state index in [0.717, 1.165) is 10.2 Å². The minimum atomic E-state index is -0.490. The summed E-state index contributed by atoms with van der Waals surface area (Å²) in [6.45, 7) is 10.4. The normalized spacial score (nSPS) is 16.5. The topological polar surface area (TPSA) is 60.2 Å². The van der Waals surface area contributed by atoms with Gasteiger partial charge in [-0.05, 0) is 52.8 Å². The lowest BCUT2D eigenvalue weighted by Gasteiger charge is -2.39. The predicted octanol–water partition coefficient (Wildman–Crippen LogP) is 3.61. The molecule has 3 rings (SSSR count). The van der Waals surface area contributed by atoms with Gasteiger partial charge in [0.2, 0.25) is 5.82 Å². The van der Waals surface area contributed by atoms with Crippen LogP contribution >= 0.6 is 15.9 Å². The summed E-state index contributed by atoms with van der Waals surface area (Å²) in [5, 5.41) is 4.36. The first-order valence-electron chi connectivity index (χ1n) is 7.79. The lowest BCUT2D eigenvalue weighted by molar-refractivity contribution is 0.0828. The molecule has 1 amide bonds. The standard InChI is InChI=1S/C17H21BrN4O2/c1-16(2,3)22-10-19-14(20-22)15(23)21-9-17(4,5)24-13-8-11(18)6-7-12(13)21/h6-8,10H,9H2,1-5H3. The van der Waals surface area contributed by atoms with Crippen LogP contribution in [0.4, 0.5) is 5.69 Å². The van der Waals surface area contributed by atoms with Gasteiger partial charge in [-0.3, -0.25) is 9.69 Å². The molecule has 0 unspecified atom stereocenters. The van der Waals surface area contributed by atoms with E-state index < -0.39 is 5.60 Å². The van der Waals surface area contributed by atoms with Crippen LogP contribution in [0.2, 0.25) is 0 Å². The number of aromatic nitrogens is 3. The lowest BCUT2D eigenvalue weighted by Crippen LogP contribution is -2.49. The molecule has 0 aliphatic carbocycles. The highest BCUT2D eigenvalue weighted by Gasteiger charge is 2.36. The Morgan fingerprint density at radius 1 is 1.33 bits per heavy atom. The van der Waals surface area contributed by atoms with Crippen molar-refractivity contribution in [2.45, 2.75) is 45.8 Å². The molecule has 1 aliphatic rings. The Morgan fingerprint density at radius 3 is 2.67 bits per heavy atom. The van der Waals surface area contributed by atoms with Crippen molar-refractivity contribution < 1.29 is 9.53 Å². The predicted molar refractivity (Wildman–Crippen MR) is 95.5 cm³/mol. The van der Waals surface area contributed by atoms with E-state index in [4.69, 9.17) is 4.74 Å². The molecule has 1 aliphatic heterocycles. The number of amides is 1. The molecular formula is C17H21BrN4O2. The molecule has 6 nitrogen and oxygen atoms in total. The number of halogens is 1. The molecule has 0 N–H and O–H groups in total. The van der Waals surface area contributed by atoms with Gasteiger partial charge >= 0.3 is 0 Å². The molecule has 0 saturated carbocycles. The van der Waals surface area contributed by atoms with E-state index in [1.54, 1.807) is 15.9 Å². The third-order valence-corrected chi connectivity index (χ3v) is 4.25. The summed E-state index contributed by atoms with van der Waals surface area (Å²) in [5.41, 5.74) is 0.0175. The van der Waals surface area contributed by atoms with Crippen LogP contribution in [0.5, 0.6) is 5.75 Å². The molecule has 2 heterocycles. The molecule has 2 aromatic rings. The van der Waals surface area contributed by atoms with Crippen molar-refractivity contribution in [3.05, 3.63) is 34.8 Å². The van der Waals surface area contributed by atoms with Gasteiger partial charge in [0.15, 0.2) is 0 Å². The number of nitrogens with zero attached hydrogens (tertiary/aromatic N) is 4. The summed E-state index contributed by atoms with van der Waals surface area (Å²) in [5.74, 6) is 0.638. The highest BCUT2D eigenvalue weighted by atomic mass is 79.9. The average molecular weight is 393 g/mol. The van der Waals surface area contributed by atoms with E-state index >= 15 is 0 Å². The van der Waals surface area contributed by atoms with Crippen molar-refractivity contribution in [1.29, 1.82) is 0 Å². The van der Waals surface area contributed by atoms with Crippen molar-refractivity contribution in [2.24, 2.45) is 0 Å². The van der Waals surface area contributed by atoms with Crippen molar-refractivity contribution in [3.8, 4) is 5.75 Å². The van der Waals surface area contributed by atoms with Gasteiger partial charge in [0.05, 0.1) is 17.8 Å². The number of hydrogen-bond acceptors (Lipinski definition) is 4. The molecule has 0 atom stereocenters. The van der Waals surface area contributed by atoms with Gasteiger partial charge in [-0.2, -0.15) is 0 Å². The zero-order valence-electron chi connectivity index (χ0n) is 14.5. The number of ether oxygens (including phenoxy) is 1. The molecular weight excluding hydrogens is 372 g/mol. The molecule has 0 fully saturated rings. The van der Waals surface area contributed by atoms with Crippen LogP contribution < -0.4 is 9.64 Å². The molecule has 0 bridgehead atoms. The molecule has 24 heavy (non-hydrogen) atoms. The Hall–Kier alpha value is -1.89. The van der Waals surface area contributed by atoms with Gasteiger partial charge in [0, 0.05) is 4.47 Å². The average Bonchev–Trinajstić information content (AvgIpc) is 2.94. The Balaban J connectivity index is 1.99. The molecule has 1 aromatic heterocycles. The quantitative estimate of drug-likeness (QED) is 0.743. The first kappa shape index (κ1) is 17.0. The SMILES string of the molecule is CC1(C)CN(C(=O)c2ncn(C(C)(C)C)n2)c2ccc(Br)cc2O1. The third kappa shape index (κ3) is 3.17. The molecule has 0 radical (unpaired) electrons. The summed E-state index contributed by atoms with van der Waals surface area (Å²) in [6, 6.07) is 5.63. The third-order valence-electron chi connectivity index (χ3n) is 3.75. The highest BCUT2D eigenvalue weighted by molar-refractivity contribution is 9.10. The van der Waals surface area contributed by atoms with Crippen LogP contribution in [0.15, 0.2) is 29.0 Å². The fraction of sp³-hybridized carbons (Fsp3) is 0.471. The number of carbonyl (C=O) groups excluding carboxylic acids is 1. The van der Waals surface area contributed by atoms with E-state index in [1.165, 1.54) is 0 Å². The summed E-state index contributed by atoms with van der Waals surface area (Å²) in [7, 11) is 0. The second-order valence-electron chi connectivity index (χ2n) is 7.55. The van der Waals surface area contributed by atoms with E-state index in [0.29, 0.717) is 12.3 Å². The summed E-state index contributed by atoms with van der Waals surface area (Å²) < 4.78 is 8.61. The second kappa shape index (κ2) is 5.58. The van der Waals surface area contributed by atoms with Gasteiger partial charge in [0.25, 0.3) is 5.91 Å². The first-order chi connectivity index (χ1) is 11.1. The fourth-order valence-electron chi connectivity index (χ4n) is 2.57. The van der Waals surface area contributed by atoms with Crippen molar-refractivity contribution >= 4 is 27.5 Å². The Labute approximate surface area is 149 Å². The van der Waals surface area contributed by atoms with Crippen molar-refractivity contribution in [3.63, 3.8) is 0 Å². The molecule has 0 saturated heterocycles. The number of rotatable bonds is 1. The van der Waals surface area contributed by atoms with Gasteiger partial charge < -0.3 is 4.74 Å². The minimum Gasteiger partial charge on any atom is -0.484 e. The maximum atomic E-state index is 13.0. The zero-order chi connectivity index (χ0) is 17.7. The molecule has 0 spiro atoms. The van der Waals surface area contributed by atoms with Crippen molar-refractivity contribution in [2.75, 3.05) is 11.4 Å². The zero-order valence-corrected chi connectivity index (χ0v) is 16.1. The van der Waals surface area contributed by atoms with Gasteiger partial charge in [-0.1, -0.05) is 15.9 Å². The van der Waals surface area contributed by atoms with E-state index in [-0.39, 0.29) is 17.3 Å². The van der Waals surface area contributed by atoms with Crippen LogP contribution in [0.25, 0.3) is 0 Å². The number of hydrogen-bond donors (Lipinski definition) is 0. The van der Waals surface area contributed by atoms with E-state index in [1.807, 2.05) is 52.8 Å². The van der Waals surface area contributed by atoms with Crippen LogP contribution in [-0.4, -0.2) is 32.8 Å². The monoisotopic (exact) mass is 392 g/mol. The molecule has 1 aromatic carbocycles. The Bertz CT molecular complexity index is 792. The maximum Gasteiger partial charge on any atom is 0.298 e. The van der Waals surface area contributed by atoms with E-state index in [2.05, 4.69) is 26.0 Å². The van der Waals surface area contributed by atoms with Crippen molar-refractivity contribution in [1.82, 2.24) is 14.8 Å². The summed E-state index contributed by atoms with van der Waals surface area (Å²) in [4.78, 5) is 18.9. The maximum absolute atomic E-state index is 13.0. The Morgan fingerprint density at radius 2 is 2.04 bits per heavy atom. The van der Waals surface area contributed by atoms with Crippen LogP contribution in [0, 0.1) is 0 Å². The fourth-order valence-corrected chi connectivity index (χ4v) is 2.91. The number of fused-ring (bicyclic) bond motifs is 1.